The van der Waals surface area contributed by atoms with Crippen LogP contribution in [0.15, 0.2) is 29.2 Å². The van der Waals surface area contributed by atoms with Gasteiger partial charge >= 0.3 is 0 Å². The SMILES string of the molecule is CCCCN(C)C(=O)c1ccc(S(=O)(=O)NCCN(C)C)cc1. The fourth-order valence-electron chi connectivity index (χ4n) is 1.98. The summed E-state index contributed by atoms with van der Waals surface area (Å²) in [7, 11) is 1.98. The summed E-state index contributed by atoms with van der Waals surface area (Å²) >= 11 is 0. The summed E-state index contributed by atoms with van der Waals surface area (Å²) in [6, 6.07) is 6.06. The Labute approximate surface area is 139 Å². The molecule has 6 nitrogen and oxygen atoms in total. The van der Waals surface area contributed by atoms with Gasteiger partial charge in [-0.3, -0.25) is 4.79 Å². The van der Waals surface area contributed by atoms with Crippen molar-refractivity contribution in [2.45, 2.75) is 24.7 Å². The number of nitrogens with one attached hydrogen (secondary N) is 1. The van der Waals surface area contributed by atoms with Crippen LogP contribution in [0.3, 0.4) is 0 Å². The fourth-order valence-corrected chi connectivity index (χ4v) is 3.00. The van der Waals surface area contributed by atoms with E-state index in [0.717, 1.165) is 12.8 Å². The minimum Gasteiger partial charge on any atom is -0.342 e. The van der Waals surface area contributed by atoms with Gasteiger partial charge in [0.2, 0.25) is 10.0 Å². The minimum absolute atomic E-state index is 0.0945. The van der Waals surface area contributed by atoms with E-state index in [-0.39, 0.29) is 10.8 Å². The lowest BCUT2D eigenvalue weighted by Crippen LogP contribution is -2.31. The van der Waals surface area contributed by atoms with Crippen LogP contribution >= 0.6 is 0 Å². The van der Waals surface area contributed by atoms with Gasteiger partial charge in [0.1, 0.15) is 0 Å². The Kier molecular flexibility index (Phi) is 7.67. The molecular weight excluding hydrogens is 314 g/mol. The summed E-state index contributed by atoms with van der Waals surface area (Å²) in [6.45, 7) is 3.73. The van der Waals surface area contributed by atoms with Crippen LogP contribution in [0.1, 0.15) is 30.1 Å². The number of unbranched alkanes of at least 4 members (excludes halogenated alkanes) is 1. The zero-order valence-electron chi connectivity index (χ0n) is 14.4. The number of hydrogen-bond acceptors (Lipinski definition) is 4. The number of rotatable bonds is 9. The van der Waals surface area contributed by atoms with E-state index in [9.17, 15) is 13.2 Å². The molecule has 0 bridgehead atoms. The first kappa shape index (κ1) is 19.6. The van der Waals surface area contributed by atoms with E-state index >= 15 is 0 Å². The van der Waals surface area contributed by atoms with Crippen LogP contribution in [0.5, 0.6) is 0 Å². The number of carbonyl (C=O) groups excluding carboxylic acids is 1. The Bertz CT molecular complexity index is 598. The maximum atomic E-state index is 12.2. The predicted molar refractivity (Wildman–Crippen MR) is 92.1 cm³/mol. The molecule has 0 radical (unpaired) electrons. The van der Waals surface area contributed by atoms with Gasteiger partial charge in [-0.15, -0.1) is 0 Å². The maximum Gasteiger partial charge on any atom is 0.253 e. The van der Waals surface area contributed by atoms with Crippen molar-refractivity contribution in [3.05, 3.63) is 29.8 Å². The van der Waals surface area contributed by atoms with Crippen molar-refractivity contribution in [1.29, 1.82) is 0 Å². The van der Waals surface area contributed by atoms with Crippen LogP contribution in [-0.2, 0) is 10.0 Å². The first-order chi connectivity index (χ1) is 10.8. The zero-order chi connectivity index (χ0) is 17.5. The maximum absolute atomic E-state index is 12.2. The number of amides is 1. The quantitative estimate of drug-likeness (QED) is 0.737. The lowest BCUT2D eigenvalue weighted by Gasteiger charge is -2.17. The van der Waals surface area contributed by atoms with Gasteiger partial charge in [0.25, 0.3) is 5.91 Å². The van der Waals surface area contributed by atoms with Crippen molar-refractivity contribution >= 4 is 15.9 Å². The molecule has 1 aromatic carbocycles. The standard InChI is InChI=1S/C16H27N3O3S/c1-5-6-12-19(4)16(20)14-7-9-15(10-8-14)23(21,22)17-11-13-18(2)3/h7-10,17H,5-6,11-13H2,1-4H3. The number of nitrogens with zero attached hydrogens (tertiary/aromatic N) is 2. The molecule has 1 aromatic rings. The summed E-state index contributed by atoms with van der Waals surface area (Å²) in [5, 5.41) is 0. The zero-order valence-corrected chi connectivity index (χ0v) is 15.2. The average Bonchev–Trinajstić information content (AvgIpc) is 2.51. The highest BCUT2D eigenvalue weighted by atomic mass is 32.2. The summed E-state index contributed by atoms with van der Waals surface area (Å²) in [5.74, 6) is -0.0945. The van der Waals surface area contributed by atoms with E-state index in [1.54, 1.807) is 24.1 Å². The van der Waals surface area contributed by atoms with Crippen molar-refractivity contribution in [3.63, 3.8) is 0 Å². The molecule has 0 spiro atoms. The number of likely N-dealkylation sites (N-methyl/N-ethyl adjacent to an activating group) is 1. The number of hydrogen-bond donors (Lipinski definition) is 1. The molecule has 0 unspecified atom stereocenters. The van der Waals surface area contributed by atoms with Crippen LogP contribution in [-0.4, -0.2) is 64.9 Å². The third-order valence-electron chi connectivity index (χ3n) is 3.46. The molecule has 23 heavy (non-hydrogen) atoms. The number of benzene rings is 1. The van der Waals surface area contributed by atoms with Crippen LogP contribution < -0.4 is 4.72 Å². The number of carbonyl (C=O) groups is 1. The molecule has 0 heterocycles. The van der Waals surface area contributed by atoms with Gasteiger partial charge in [-0.05, 0) is 44.8 Å². The highest BCUT2D eigenvalue weighted by molar-refractivity contribution is 7.89. The van der Waals surface area contributed by atoms with Crippen LogP contribution in [0.2, 0.25) is 0 Å². The molecule has 0 fully saturated rings. The molecule has 1 amide bonds. The molecule has 0 aliphatic rings. The van der Waals surface area contributed by atoms with E-state index in [1.807, 2.05) is 19.0 Å². The van der Waals surface area contributed by atoms with Crippen molar-refractivity contribution in [3.8, 4) is 0 Å². The van der Waals surface area contributed by atoms with Crippen LogP contribution in [0.4, 0.5) is 0 Å². The molecule has 0 saturated heterocycles. The third-order valence-corrected chi connectivity index (χ3v) is 4.93. The highest BCUT2D eigenvalue weighted by Gasteiger charge is 2.16. The first-order valence-corrected chi connectivity index (χ1v) is 9.26. The second kappa shape index (κ2) is 9.00. The summed E-state index contributed by atoms with van der Waals surface area (Å²) < 4.78 is 26.8. The van der Waals surface area contributed by atoms with Gasteiger partial charge in [-0.25, -0.2) is 13.1 Å². The Morgan fingerprint density at radius 1 is 1.09 bits per heavy atom. The summed E-state index contributed by atoms with van der Waals surface area (Å²) in [5.41, 5.74) is 0.496. The van der Waals surface area contributed by atoms with E-state index in [1.165, 1.54) is 12.1 Å². The number of sulfonamides is 1. The van der Waals surface area contributed by atoms with Gasteiger partial charge in [0.15, 0.2) is 0 Å². The second-order valence-corrected chi connectivity index (χ2v) is 7.57. The monoisotopic (exact) mass is 341 g/mol. The molecule has 0 saturated carbocycles. The lowest BCUT2D eigenvalue weighted by atomic mass is 10.2. The topological polar surface area (TPSA) is 69.7 Å². The van der Waals surface area contributed by atoms with E-state index in [4.69, 9.17) is 0 Å². The van der Waals surface area contributed by atoms with Gasteiger partial charge in [0.05, 0.1) is 4.90 Å². The normalized spacial score (nSPS) is 11.7. The molecule has 1 rings (SSSR count). The Morgan fingerprint density at radius 2 is 1.70 bits per heavy atom. The smallest absolute Gasteiger partial charge is 0.253 e. The van der Waals surface area contributed by atoms with Crippen LogP contribution in [0.25, 0.3) is 0 Å². The third kappa shape index (κ3) is 6.29. The van der Waals surface area contributed by atoms with Gasteiger partial charge in [-0.1, -0.05) is 13.3 Å². The van der Waals surface area contributed by atoms with E-state index < -0.39 is 10.0 Å². The molecule has 1 N–H and O–H groups in total. The van der Waals surface area contributed by atoms with E-state index in [0.29, 0.717) is 25.2 Å². The molecular formula is C16H27N3O3S. The van der Waals surface area contributed by atoms with Crippen molar-refractivity contribution < 1.29 is 13.2 Å². The Morgan fingerprint density at radius 3 is 2.22 bits per heavy atom. The largest absolute Gasteiger partial charge is 0.342 e. The predicted octanol–water partition coefficient (Wildman–Crippen LogP) is 1.40. The first-order valence-electron chi connectivity index (χ1n) is 7.78. The lowest BCUT2D eigenvalue weighted by molar-refractivity contribution is 0.0793. The second-order valence-electron chi connectivity index (χ2n) is 5.81. The summed E-state index contributed by atoms with van der Waals surface area (Å²) in [6.07, 6.45) is 1.97. The van der Waals surface area contributed by atoms with E-state index in [2.05, 4.69) is 11.6 Å². The molecule has 0 atom stereocenters. The molecule has 130 valence electrons. The Hall–Kier alpha value is -1.44. The van der Waals surface area contributed by atoms with Crippen LogP contribution in [0, 0.1) is 0 Å². The molecule has 0 aliphatic carbocycles. The van der Waals surface area contributed by atoms with Gasteiger partial charge in [-0.2, -0.15) is 0 Å². The Balaban J connectivity index is 2.73. The van der Waals surface area contributed by atoms with Crippen molar-refractivity contribution in [2.75, 3.05) is 40.8 Å². The van der Waals surface area contributed by atoms with Gasteiger partial charge in [0, 0.05) is 32.2 Å². The highest BCUT2D eigenvalue weighted by Crippen LogP contribution is 2.12. The molecule has 7 heteroatoms. The van der Waals surface area contributed by atoms with Crippen molar-refractivity contribution in [2.24, 2.45) is 0 Å². The molecule has 0 aromatic heterocycles. The summed E-state index contributed by atoms with van der Waals surface area (Å²) in [4.78, 5) is 15.9. The minimum atomic E-state index is -3.53. The average molecular weight is 341 g/mol. The fraction of sp³-hybridized carbons (Fsp3) is 0.562. The van der Waals surface area contributed by atoms with Crippen molar-refractivity contribution in [1.82, 2.24) is 14.5 Å². The van der Waals surface area contributed by atoms with Gasteiger partial charge < -0.3 is 9.80 Å². The molecule has 0 aliphatic heterocycles.